The zero-order chi connectivity index (χ0) is 17.5. The normalized spacial score (nSPS) is 17.3. The Bertz CT molecular complexity index is 612. The van der Waals surface area contributed by atoms with Crippen LogP contribution in [0.15, 0.2) is 18.2 Å². The Balaban J connectivity index is 2.10. The predicted octanol–water partition coefficient (Wildman–Crippen LogP) is 2.21. The number of rotatable bonds is 7. The van der Waals surface area contributed by atoms with E-state index in [1.165, 1.54) is 0 Å². The Labute approximate surface area is 143 Å². The second-order valence-electron chi connectivity index (χ2n) is 5.96. The molecule has 1 saturated heterocycles. The van der Waals surface area contributed by atoms with Gasteiger partial charge in [0.05, 0.1) is 33.3 Å². The lowest BCUT2D eigenvalue weighted by molar-refractivity contribution is -0.131. The maximum Gasteiger partial charge on any atom is 0.236 e. The fraction of sp³-hybridized carbons (Fsp3) is 0.556. The Hall–Kier alpha value is -2.26. The monoisotopic (exact) mass is 331 g/mol. The van der Waals surface area contributed by atoms with Gasteiger partial charge in [0.15, 0.2) is 0 Å². The first-order valence-electron chi connectivity index (χ1n) is 8.17. The first kappa shape index (κ1) is 18.1. The van der Waals surface area contributed by atoms with Crippen LogP contribution in [0.5, 0.6) is 11.5 Å². The minimum atomic E-state index is 0.0460. The van der Waals surface area contributed by atoms with Gasteiger partial charge in [0.2, 0.25) is 5.91 Å². The van der Waals surface area contributed by atoms with Crippen LogP contribution in [0, 0.1) is 11.3 Å². The predicted molar refractivity (Wildman–Crippen MR) is 91.0 cm³/mol. The van der Waals surface area contributed by atoms with E-state index in [1.807, 2.05) is 18.2 Å². The lowest BCUT2D eigenvalue weighted by Gasteiger charge is -2.27. The van der Waals surface area contributed by atoms with Gasteiger partial charge in [-0.1, -0.05) is 6.07 Å². The minimum absolute atomic E-state index is 0.0460. The molecule has 1 aliphatic rings. The highest BCUT2D eigenvalue weighted by Crippen LogP contribution is 2.38. The second kappa shape index (κ2) is 8.55. The largest absolute Gasteiger partial charge is 0.497 e. The van der Waals surface area contributed by atoms with Crippen LogP contribution < -0.4 is 9.47 Å². The molecule has 1 aliphatic heterocycles. The van der Waals surface area contributed by atoms with Gasteiger partial charge in [0.25, 0.3) is 0 Å². The number of likely N-dealkylation sites (tertiary alicyclic amines) is 1. The van der Waals surface area contributed by atoms with Crippen molar-refractivity contribution in [1.29, 1.82) is 5.26 Å². The van der Waals surface area contributed by atoms with E-state index in [2.05, 4.69) is 11.0 Å². The first-order chi connectivity index (χ1) is 11.6. The molecule has 0 N–H and O–H groups in total. The molecule has 6 nitrogen and oxygen atoms in total. The number of carbonyl (C=O) groups is 1. The van der Waals surface area contributed by atoms with Crippen molar-refractivity contribution in [3.8, 4) is 17.6 Å². The lowest BCUT2D eigenvalue weighted by Crippen LogP contribution is -2.38. The number of amides is 1. The number of ether oxygens (including phenoxy) is 2. The maximum absolute atomic E-state index is 12.4. The SMILES string of the molecule is COc1ccc(C2CCCN2CC(=O)N(C)CCC#N)c(OC)c1. The molecule has 0 saturated carbocycles. The molecule has 1 fully saturated rings. The third kappa shape index (κ3) is 4.18. The van der Waals surface area contributed by atoms with Gasteiger partial charge in [-0.2, -0.15) is 5.26 Å². The zero-order valence-electron chi connectivity index (χ0n) is 14.6. The quantitative estimate of drug-likeness (QED) is 0.766. The number of nitrogens with zero attached hydrogens (tertiary/aromatic N) is 3. The average molecular weight is 331 g/mol. The summed E-state index contributed by atoms with van der Waals surface area (Å²) in [5.74, 6) is 1.59. The summed E-state index contributed by atoms with van der Waals surface area (Å²) in [7, 11) is 5.03. The second-order valence-corrected chi connectivity index (χ2v) is 5.96. The van der Waals surface area contributed by atoms with Crippen molar-refractivity contribution in [2.24, 2.45) is 0 Å². The number of methoxy groups -OCH3 is 2. The summed E-state index contributed by atoms with van der Waals surface area (Å²) in [5, 5.41) is 8.65. The van der Waals surface area contributed by atoms with Gasteiger partial charge in [0.1, 0.15) is 11.5 Å². The highest BCUT2D eigenvalue weighted by Gasteiger charge is 2.30. The average Bonchev–Trinajstić information content (AvgIpc) is 3.06. The van der Waals surface area contributed by atoms with E-state index < -0.39 is 0 Å². The summed E-state index contributed by atoms with van der Waals surface area (Å²) in [4.78, 5) is 16.2. The summed E-state index contributed by atoms with van der Waals surface area (Å²) in [5.41, 5.74) is 1.09. The molecule has 24 heavy (non-hydrogen) atoms. The van der Waals surface area contributed by atoms with Gasteiger partial charge in [0, 0.05) is 31.3 Å². The van der Waals surface area contributed by atoms with E-state index in [0.29, 0.717) is 19.5 Å². The molecule has 2 rings (SSSR count). The van der Waals surface area contributed by atoms with Crippen LogP contribution in [-0.2, 0) is 4.79 Å². The number of hydrogen-bond acceptors (Lipinski definition) is 5. The fourth-order valence-electron chi connectivity index (χ4n) is 3.10. The molecule has 1 atom stereocenters. The van der Waals surface area contributed by atoms with Crippen molar-refractivity contribution in [1.82, 2.24) is 9.80 Å². The minimum Gasteiger partial charge on any atom is -0.497 e. The van der Waals surface area contributed by atoms with Crippen LogP contribution in [0.4, 0.5) is 0 Å². The fourth-order valence-corrected chi connectivity index (χ4v) is 3.10. The first-order valence-corrected chi connectivity index (χ1v) is 8.17. The van der Waals surface area contributed by atoms with Crippen molar-refractivity contribution in [2.45, 2.75) is 25.3 Å². The molecule has 0 bridgehead atoms. The summed E-state index contributed by atoms with van der Waals surface area (Å²) >= 11 is 0. The Morgan fingerprint density at radius 1 is 1.42 bits per heavy atom. The van der Waals surface area contributed by atoms with Crippen molar-refractivity contribution in [3.63, 3.8) is 0 Å². The molecule has 1 heterocycles. The number of carbonyl (C=O) groups excluding carboxylic acids is 1. The Morgan fingerprint density at radius 2 is 2.21 bits per heavy atom. The van der Waals surface area contributed by atoms with Crippen LogP contribution in [0.2, 0.25) is 0 Å². The van der Waals surface area contributed by atoms with Crippen LogP contribution in [0.3, 0.4) is 0 Å². The third-order valence-corrected chi connectivity index (χ3v) is 4.49. The highest BCUT2D eigenvalue weighted by molar-refractivity contribution is 5.78. The van der Waals surface area contributed by atoms with Gasteiger partial charge >= 0.3 is 0 Å². The number of nitriles is 1. The van der Waals surface area contributed by atoms with Gasteiger partial charge in [-0.05, 0) is 25.5 Å². The van der Waals surface area contributed by atoms with Gasteiger partial charge in [-0.3, -0.25) is 9.69 Å². The van der Waals surface area contributed by atoms with E-state index in [-0.39, 0.29) is 11.9 Å². The van der Waals surface area contributed by atoms with Crippen molar-refractivity contribution in [3.05, 3.63) is 23.8 Å². The molecule has 0 aromatic heterocycles. The third-order valence-electron chi connectivity index (χ3n) is 4.49. The molecule has 1 aromatic carbocycles. The molecule has 130 valence electrons. The Morgan fingerprint density at radius 3 is 2.88 bits per heavy atom. The highest BCUT2D eigenvalue weighted by atomic mass is 16.5. The van der Waals surface area contributed by atoms with Crippen LogP contribution in [0.1, 0.15) is 30.9 Å². The molecule has 6 heteroatoms. The lowest BCUT2D eigenvalue weighted by atomic mass is 10.0. The molecular weight excluding hydrogens is 306 g/mol. The standard InChI is InChI=1S/C18H25N3O3/c1-20(10-5-9-19)18(22)13-21-11-4-6-16(21)15-8-7-14(23-2)12-17(15)24-3/h7-8,12,16H,4-6,10-11,13H2,1-3H3. The summed E-state index contributed by atoms with van der Waals surface area (Å²) in [6, 6.07) is 8.06. The van der Waals surface area contributed by atoms with Crippen LogP contribution in [-0.4, -0.2) is 56.6 Å². The molecule has 1 aromatic rings. The summed E-state index contributed by atoms with van der Waals surface area (Å²) in [6.07, 6.45) is 2.41. The molecule has 0 radical (unpaired) electrons. The molecule has 1 amide bonds. The summed E-state index contributed by atoms with van der Waals surface area (Å²) < 4.78 is 10.8. The van der Waals surface area contributed by atoms with Crippen molar-refractivity contribution in [2.75, 3.05) is 40.9 Å². The molecule has 0 aliphatic carbocycles. The Kier molecular flexibility index (Phi) is 6.44. The number of hydrogen-bond donors (Lipinski definition) is 0. The maximum atomic E-state index is 12.4. The van der Waals surface area contributed by atoms with Crippen molar-refractivity contribution >= 4 is 5.91 Å². The van der Waals surface area contributed by atoms with Crippen LogP contribution in [0.25, 0.3) is 0 Å². The van der Waals surface area contributed by atoms with Gasteiger partial charge in [-0.15, -0.1) is 0 Å². The smallest absolute Gasteiger partial charge is 0.236 e. The number of benzene rings is 1. The van der Waals surface area contributed by atoms with E-state index in [0.717, 1.165) is 36.4 Å². The molecular formula is C18H25N3O3. The number of likely N-dealkylation sites (N-methyl/N-ethyl adjacent to an activating group) is 1. The molecule has 0 spiro atoms. The van der Waals surface area contributed by atoms with E-state index >= 15 is 0 Å². The van der Waals surface area contributed by atoms with Gasteiger partial charge < -0.3 is 14.4 Å². The van der Waals surface area contributed by atoms with Crippen LogP contribution >= 0.6 is 0 Å². The summed E-state index contributed by atoms with van der Waals surface area (Å²) in [6.45, 7) is 1.72. The van der Waals surface area contributed by atoms with Gasteiger partial charge in [-0.25, -0.2) is 0 Å². The van der Waals surface area contributed by atoms with E-state index in [4.69, 9.17) is 14.7 Å². The van der Waals surface area contributed by atoms with Crippen molar-refractivity contribution < 1.29 is 14.3 Å². The zero-order valence-corrected chi connectivity index (χ0v) is 14.6. The molecule has 1 unspecified atom stereocenters. The van der Waals surface area contributed by atoms with E-state index in [1.54, 1.807) is 26.2 Å². The topological polar surface area (TPSA) is 65.8 Å². The van der Waals surface area contributed by atoms with E-state index in [9.17, 15) is 4.79 Å².